The van der Waals surface area contributed by atoms with Crippen LogP contribution < -0.4 is 9.47 Å². The summed E-state index contributed by atoms with van der Waals surface area (Å²) in [4.78, 5) is 10.5. The van der Waals surface area contributed by atoms with Crippen molar-refractivity contribution in [3.05, 3.63) is 21.9 Å². The summed E-state index contributed by atoms with van der Waals surface area (Å²) in [7, 11) is 2.92. The smallest absolute Gasteiger partial charge is 0.175 e. The number of hydrogen-bond acceptors (Lipinski definition) is 3. The molecule has 0 N–H and O–H groups in total. The molecule has 0 saturated carbocycles. The van der Waals surface area contributed by atoms with Crippen molar-refractivity contribution in [1.29, 1.82) is 0 Å². The quantitative estimate of drug-likeness (QED) is 0.783. The lowest BCUT2D eigenvalue weighted by atomic mass is 9.97. The van der Waals surface area contributed by atoms with Gasteiger partial charge in [0.25, 0.3) is 0 Å². The zero-order valence-corrected chi connectivity index (χ0v) is 11.5. The standard InChI is InChI=1S/C12H14BrFO3/c1-7(4-5-15)10-8(14)6-9(16-2)12(17-3)11(10)13/h5-7H,4H2,1-3H3. The monoisotopic (exact) mass is 304 g/mol. The van der Waals surface area contributed by atoms with E-state index in [0.717, 1.165) is 6.29 Å². The van der Waals surface area contributed by atoms with E-state index in [1.165, 1.54) is 20.3 Å². The molecule has 0 radical (unpaired) electrons. The minimum atomic E-state index is -0.413. The van der Waals surface area contributed by atoms with Crippen LogP contribution in [-0.2, 0) is 4.79 Å². The second-order valence-corrected chi connectivity index (χ2v) is 4.42. The number of rotatable bonds is 5. The third kappa shape index (κ3) is 2.77. The van der Waals surface area contributed by atoms with Gasteiger partial charge in [0.15, 0.2) is 11.5 Å². The van der Waals surface area contributed by atoms with E-state index in [0.29, 0.717) is 21.5 Å². The van der Waals surface area contributed by atoms with Crippen LogP contribution in [0.1, 0.15) is 24.8 Å². The van der Waals surface area contributed by atoms with Crippen LogP contribution in [0.2, 0.25) is 0 Å². The first-order valence-electron chi connectivity index (χ1n) is 5.10. The molecule has 0 heterocycles. The summed E-state index contributed by atoms with van der Waals surface area (Å²) in [5.74, 6) is 0.117. The predicted molar refractivity (Wildman–Crippen MR) is 66.3 cm³/mol. The van der Waals surface area contributed by atoms with Gasteiger partial charge in [-0.25, -0.2) is 4.39 Å². The Bertz CT molecular complexity index is 421. The Morgan fingerprint density at radius 2 is 2.12 bits per heavy atom. The third-order valence-electron chi connectivity index (χ3n) is 2.54. The topological polar surface area (TPSA) is 35.5 Å². The number of hydrogen-bond donors (Lipinski definition) is 0. The van der Waals surface area contributed by atoms with Gasteiger partial charge in [0, 0.05) is 18.1 Å². The number of aldehydes is 1. The molecule has 0 saturated heterocycles. The molecule has 94 valence electrons. The van der Waals surface area contributed by atoms with Gasteiger partial charge in [0.05, 0.1) is 18.7 Å². The van der Waals surface area contributed by atoms with E-state index in [9.17, 15) is 9.18 Å². The largest absolute Gasteiger partial charge is 0.493 e. The van der Waals surface area contributed by atoms with Crippen molar-refractivity contribution in [3.63, 3.8) is 0 Å². The van der Waals surface area contributed by atoms with Crippen LogP contribution in [0.25, 0.3) is 0 Å². The summed E-state index contributed by atoms with van der Waals surface area (Å²) in [6.07, 6.45) is 1.03. The summed E-state index contributed by atoms with van der Waals surface area (Å²) in [5.41, 5.74) is 0.426. The molecule has 5 heteroatoms. The first kappa shape index (κ1) is 14.0. The molecule has 1 atom stereocenters. The average Bonchev–Trinajstić information content (AvgIpc) is 2.28. The van der Waals surface area contributed by atoms with E-state index in [1.54, 1.807) is 6.92 Å². The molecule has 0 aromatic heterocycles. The Balaban J connectivity index is 3.35. The van der Waals surface area contributed by atoms with Crippen molar-refractivity contribution in [2.24, 2.45) is 0 Å². The maximum Gasteiger partial charge on any atom is 0.175 e. The summed E-state index contributed by atoms with van der Waals surface area (Å²) in [6.45, 7) is 1.78. The average molecular weight is 305 g/mol. The first-order chi connectivity index (χ1) is 8.06. The number of halogens is 2. The fraction of sp³-hybridized carbons (Fsp3) is 0.417. The maximum atomic E-state index is 13.9. The van der Waals surface area contributed by atoms with Crippen molar-refractivity contribution in [3.8, 4) is 11.5 Å². The summed E-state index contributed by atoms with van der Waals surface area (Å²) >= 11 is 3.29. The van der Waals surface area contributed by atoms with Gasteiger partial charge in [-0.15, -0.1) is 0 Å². The highest BCUT2D eigenvalue weighted by molar-refractivity contribution is 9.10. The molecule has 1 aromatic carbocycles. The van der Waals surface area contributed by atoms with Crippen molar-refractivity contribution in [1.82, 2.24) is 0 Å². The second-order valence-electron chi connectivity index (χ2n) is 3.62. The maximum absolute atomic E-state index is 13.9. The summed E-state index contributed by atoms with van der Waals surface area (Å²) in [5, 5.41) is 0. The van der Waals surface area contributed by atoms with Gasteiger partial charge in [-0.3, -0.25) is 0 Å². The summed E-state index contributed by atoms with van der Waals surface area (Å²) in [6, 6.07) is 1.26. The first-order valence-corrected chi connectivity index (χ1v) is 5.89. The zero-order chi connectivity index (χ0) is 13.0. The molecule has 0 spiro atoms. The van der Waals surface area contributed by atoms with E-state index in [2.05, 4.69) is 15.9 Å². The number of carbonyl (C=O) groups is 1. The fourth-order valence-electron chi connectivity index (χ4n) is 1.65. The number of benzene rings is 1. The molecular weight excluding hydrogens is 291 g/mol. The van der Waals surface area contributed by atoms with Crippen molar-refractivity contribution in [2.75, 3.05) is 14.2 Å². The molecule has 0 aliphatic heterocycles. The second kappa shape index (κ2) is 6.00. The van der Waals surface area contributed by atoms with Crippen LogP contribution >= 0.6 is 15.9 Å². The van der Waals surface area contributed by atoms with E-state index < -0.39 is 5.82 Å². The van der Waals surface area contributed by atoms with Crippen LogP contribution in [-0.4, -0.2) is 20.5 Å². The fourth-order valence-corrected chi connectivity index (χ4v) is 2.59. The van der Waals surface area contributed by atoms with Gasteiger partial charge in [0.1, 0.15) is 12.1 Å². The molecule has 17 heavy (non-hydrogen) atoms. The molecule has 1 unspecified atom stereocenters. The van der Waals surface area contributed by atoms with E-state index >= 15 is 0 Å². The number of methoxy groups -OCH3 is 2. The minimum Gasteiger partial charge on any atom is -0.493 e. The highest BCUT2D eigenvalue weighted by Gasteiger charge is 2.21. The molecular formula is C12H14BrFO3. The van der Waals surface area contributed by atoms with Gasteiger partial charge in [-0.2, -0.15) is 0 Å². The Labute approximate surface area is 108 Å². The lowest BCUT2D eigenvalue weighted by molar-refractivity contribution is -0.108. The Morgan fingerprint density at radius 1 is 1.47 bits per heavy atom. The number of ether oxygens (including phenoxy) is 2. The highest BCUT2D eigenvalue weighted by Crippen LogP contribution is 2.42. The molecule has 0 aliphatic carbocycles. The lowest BCUT2D eigenvalue weighted by Crippen LogP contribution is -2.03. The van der Waals surface area contributed by atoms with Gasteiger partial charge in [0.2, 0.25) is 0 Å². The molecule has 1 rings (SSSR count). The molecule has 0 amide bonds. The summed E-state index contributed by atoms with van der Waals surface area (Å²) < 4.78 is 24.6. The van der Waals surface area contributed by atoms with Crippen molar-refractivity contribution in [2.45, 2.75) is 19.3 Å². The van der Waals surface area contributed by atoms with E-state index in [4.69, 9.17) is 9.47 Å². The van der Waals surface area contributed by atoms with E-state index in [1.807, 2.05) is 0 Å². The SMILES string of the molecule is COc1cc(F)c(C(C)CC=O)c(Br)c1OC. The third-order valence-corrected chi connectivity index (χ3v) is 3.33. The van der Waals surface area contributed by atoms with Gasteiger partial charge < -0.3 is 14.3 Å². The van der Waals surface area contributed by atoms with Crippen LogP contribution in [0.4, 0.5) is 4.39 Å². The van der Waals surface area contributed by atoms with Crippen LogP contribution in [0.15, 0.2) is 10.5 Å². The minimum absolute atomic E-state index is 0.221. The normalized spacial score (nSPS) is 12.1. The van der Waals surface area contributed by atoms with Crippen molar-refractivity contribution < 1.29 is 18.7 Å². The van der Waals surface area contributed by atoms with Crippen molar-refractivity contribution >= 4 is 22.2 Å². The Morgan fingerprint density at radius 3 is 2.59 bits per heavy atom. The predicted octanol–water partition coefficient (Wildman–Crippen LogP) is 3.30. The molecule has 0 bridgehead atoms. The zero-order valence-electron chi connectivity index (χ0n) is 9.92. The van der Waals surface area contributed by atoms with Crippen LogP contribution in [0.3, 0.4) is 0 Å². The molecule has 3 nitrogen and oxygen atoms in total. The highest BCUT2D eigenvalue weighted by atomic mass is 79.9. The molecule has 0 fully saturated rings. The lowest BCUT2D eigenvalue weighted by Gasteiger charge is -2.17. The molecule has 1 aromatic rings. The van der Waals surface area contributed by atoms with Crippen LogP contribution in [0.5, 0.6) is 11.5 Å². The van der Waals surface area contributed by atoms with E-state index in [-0.39, 0.29) is 12.3 Å². The Hall–Kier alpha value is -1.10. The molecule has 0 aliphatic rings. The Kier molecular flexibility index (Phi) is 4.93. The van der Waals surface area contributed by atoms with Gasteiger partial charge >= 0.3 is 0 Å². The van der Waals surface area contributed by atoms with Gasteiger partial charge in [-0.05, 0) is 21.8 Å². The van der Waals surface area contributed by atoms with Crippen LogP contribution in [0, 0.1) is 5.82 Å². The van der Waals surface area contributed by atoms with Gasteiger partial charge in [-0.1, -0.05) is 6.92 Å². The number of carbonyl (C=O) groups excluding carboxylic acids is 1.